The fourth-order valence-corrected chi connectivity index (χ4v) is 3.70. The molecule has 1 aliphatic rings. The van der Waals surface area contributed by atoms with Crippen molar-refractivity contribution >= 4 is 11.3 Å². The van der Waals surface area contributed by atoms with Gasteiger partial charge in [-0.25, -0.2) is 9.97 Å². The van der Waals surface area contributed by atoms with E-state index in [1.807, 2.05) is 35.7 Å². The Balaban J connectivity index is 1.49. The fraction of sp³-hybridized carbons (Fsp3) is 0.278. The third-order valence-electron chi connectivity index (χ3n) is 4.23. The summed E-state index contributed by atoms with van der Waals surface area (Å²) in [6, 6.07) is 9.95. The number of aromatic nitrogens is 3. The molecule has 0 amide bonds. The van der Waals surface area contributed by atoms with Crippen molar-refractivity contribution in [1.82, 2.24) is 19.9 Å². The monoisotopic (exact) mass is 376 g/mol. The molecule has 3 aromatic rings. The second-order valence-corrected chi connectivity index (χ2v) is 7.06. The van der Waals surface area contributed by atoms with Crippen molar-refractivity contribution in [3.63, 3.8) is 0 Å². The molecule has 0 aromatic carbocycles. The van der Waals surface area contributed by atoms with Gasteiger partial charge in [0, 0.05) is 37.8 Å². The predicted molar refractivity (Wildman–Crippen MR) is 92.4 cm³/mol. The number of hydrogen-bond donors (Lipinski definition) is 0. The van der Waals surface area contributed by atoms with Crippen LogP contribution in [0.25, 0.3) is 10.6 Å². The number of hydrogen-bond acceptors (Lipinski definition) is 5. The van der Waals surface area contributed by atoms with Crippen molar-refractivity contribution in [1.29, 1.82) is 0 Å². The number of fused-ring (bicyclic) bond motifs is 1. The van der Waals surface area contributed by atoms with Crippen LogP contribution in [0.1, 0.15) is 22.8 Å². The maximum absolute atomic E-state index is 12.7. The highest BCUT2D eigenvalue weighted by Crippen LogP contribution is 2.28. The van der Waals surface area contributed by atoms with E-state index in [9.17, 15) is 13.2 Å². The molecule has 0 radical (unpaired) electrons. The number of halogens is 3. The summed E-state index contributed by atoms with van der Waals surface area (Å²) >= 11 is 1.64. The quantitative estimate of drug-likeness (QED) is 0.688. The molecule has 0 N–H and O–H groups in total. The number of alkyl halides is 3. The van der Waals surface area contributed by atoms with E-state index in [0.717, 1.165) is 21.8 Å². The van der Waals surface area contributed by atoms with Crippen LogP contribution < -0.4 is 0 Å². The molecular formula is C18H15F3N4S. The summed E-state index contributed by atoms with van der Waals surface area (Å²) in [6.45, 7) is 1.81. The van der Waals surface area contributed by atoms with E-state index < -0.39 is 12.0 Å². The van der Waals surface area contributed by atoms with Crippen molar-refractivity contribution < 1.29 is 13.2 Å². The molecule has 134 valence electrons. The lowest BCUT2D eigenvalue weighted by Crippen LogP contribution is -2.32. The maximum Gasteiger partial charge on any atom is 0.451 e. The summed E-state index contributed by atoms with van der Waals surface area (Å²) in [4.78, 5) is 15.1. The Morgan fingerprint density at radius 1 is 1.12 bits per heavy atom. The van der Waals surface area contributed by atoms with Gasteiger partial charge in [-0.1, -0.05) is 12.1 Å². The van der Waals surface area contributed by atoms with Crippen LogP contribution in [-0.2, 0) is 25.7 Å². The topological polar surface area (TPSA) is 41.9 Å². The molecule has 4 heterocycles. The van der Waals surface area contributed by atoms with Crippen LogP contribution in [0.2, 0.25) is 0 Å². The van der Waals surface area contributed by atoms with E-state index in [-0.39, 0.29) is 0 Å². The number of pyridine rings is 1. The van der Waals surface area contributed by atoms with E-state index in [4.69, 9.17) is 4.98 Å². The molecule has 1 aliphatic heterocycles. The van der Waals surface area contributed by atoms with Crippen LogP contribution in [0.4, 0.5) is 13.2 Å². The third-order valence-corrected chi connectivity index (χ3v) is 5.12. The minimum atomic E-state index is -4.50. The Morgan fingerprint density at radius 2 is 2.00 bits per heavy atom. The fourth-order valence-electron chi connectivity index (χ4n) is 3.00. The van der Waals surface area contributed by atoms with Crippen LogP contribution in [0.5, 0.6) is 0 Å². The summed E-state index contributed by atoms with van der Waals surface area (Å²) < 4.78 is 38.2. The molecule has 8 heteroatoms. The molecule has 0 saturated heterocycles. The van der Waals surface area contributed by atoms with Gasteiger partial charge in [0.1, 0.15) is 0 Å². The minimum Gasteiger partial charge on any atom is -0.293 e. The normalized spacial score (nSPS) is 15.0. The van der Waals surface area contributed by atoms with Crippen LogP contribution in [0, 0.1) is 0 Å². The molecule has 0 aliphatic carbocycles. The lowest BCUT2D eigenvalue weighted by molar-refractivity contribution is -0.145. The van der Waals surface area contributed by atoms with Crippen molar-refractivity contribution in [3.05, 3.63) is 64.7 Å². The molecular weight excluding hydrogens is 361 g/mol. The molecule has 0 atom stereocenters. The van der Waals surface area contributed by atoms with E-state index >= 15 is 0 Å². The highest BCUT2D eigenvalue weighted by molar-refractivity contribution is 7.13. The van der Waals surface area contributed by atoms with E-state index in [0.29, 0.717) is 31.7 Å². The Morgan fingerprint density at radius 3 is 2.77 bits per heavy atom. The second kappa shape index (κ2) is 6.77. The van der Waals surface area contributed by atoms with Gasteiger partial charge < -0.3 is 0 Å². The molecule has 0 fully saturated rings. The summed E-state index contributed by atoms with van der Waals surface area (Å²) in [6.07, 6.45) is -2.73. The zero-order valence-corrected chi connectivity index (χ0v) is 14.5. The SMILES string of the molecule is FC(F)(F)c1ncc2c(n1)CCN(Cc1cccc(-c3cccs3)n1)C2. The zero-order chi connectivity index (χ0) is 18.1. The first-order valence-corrected chi connectivity index (χ1v) is 9.01. The Labute approximate surface area is 152 Å². The molecule has 0 unspecified atom stereocenters. The Bertz CT molecular complexity index is 909. The van der Waals surface area contributed by atoms with Gasteiger partial charge in [-0.3, -0.25) is 9.88 Å². The number of nitrogens with zero attached hydrogens (tertiary/aromatic N) is 4. The summed E-state index contributed by atoms with van der Waals surface area (Å²) in [5.41, 5.74) is 3.11. The molecule has 0 saturated carbocycles. The van der Waals surface area contributed by atoms with E-state index in [2.05, 4.69) is 14.9 Å². The van der Waals surface area contributed by atoms with Crippen molar-refractivity contribution in [2.45, 2.75) is 25.7 Å². The summed E-state index contributed by atoms with van der Waals surface area (Å²) in [5, 5.41) is 2.01. The predicted octanol–water partition coefficient (Wildman–Crippen LogP) is 4.18. The summed E-state index contributed by atoms with van der Waals surface area (Å²) in [5.74, 6) is -1.06. The number of rotatable bonds is 3. The van der Waals surface area contributed by atoms with E-state index in [1.54, 1.807) is 11.3 Å². The molecule has 4 rings (SSSR count). The zero-order valence-electron chi connectivity index (χ0n) is 13.7. The minimum absolute atomic E-state index is 0.478. The lowest BCUT2D eigenvalue weighted by atomic mass is 10.1. The third kappa shape index (κ3) is 3.61. The van der Waals surface area contributed by atoms with Gasteiger partial charge in [-0.05, 0) is 23.6 Å². The maximum atomic E-state index is 12.7. The highest BCUT2D eigenvalue weighted by Gasteiger charge is 2.35. The van der Waals surface area contributed by atoms with Crippen molar-refractivity contribution in [3.8, 4) is 10.6 Å². The van der Waals surface area contributed by atoms with Gasteiger partial charge in [0.05, 0.1) is 22.0 Å². The first-order valence-electron chi connectivity index (χ1n) is 8.13. The van der Waals surface area contributed by atoms with Crippen LogP contribution in [-0.4, -0.2) is 26.4 Å². The van der Waals surface area contributed by atoms with Gasteiger partial charge in [-0.15, -0.1) is 11.3 Å². The highest BCUT2D eigenvalue weighted by atomic mass is 32.1. The number of thiophene rings is 1. The van der Waals surface area contributed by atoms with Crippen LogP contribution in [0.3, 0.4) is 0 Å². The van der Waals surface area contributed by atoms with Crippen LogP contribution in [0.15, 0.2) is 41.9 Å². The van der Waals surface area contributed by atoms with Gasteiger partial charge in [0.25, 0.3) is 0 Å². The molecule has 0 spiro atoms. The van der Waals surface area contributed by atoms with Gasteiger partial charge >= 0.3 is 6.18 Å². The van der Waals surface area contributed by atoms with Crippen molar-refractivity contribution in [2.24, 2.45) is 0 Å². The molecule has 0 bridgehead atoms. The Hall–Kier alpha value is -2.32. The summed E-state index contributed by atoms with van der Waals surface area (Å²) in [7, 11) is 0. The van der Waals surface area contributed by atoms with E-state index in [1.165, 1.54) is 6.20 Å². The molecule has 3 aromatic heterocycles. The largest absolute Gasteiger partial charge is 0.451 e. The van der Waals surface area contributed by atoms with Gasteiger partial charge in [-0.2, -0.15) is 13.2 Å². The lowest BCUT2D eigenvalue weighted by Gasteiger charge is -2.27. The smallest absolute Gasteiger partial charge is 0.293 e. The second-order valence-electron chi connectivity index (χ2n) is 6.12. The average molecular weight is 376 g/mol. The first-order chi connectivity index (χ1) is 12.5. The average Bonchev–Trinajstić information content (AvgIpc) is 3.15. The van der Waals surface area contributed by atoms with Gasteiger partial charge in [0.2, 0.25) is 5.82 Å². The molecule has 26 heavy (non-hydrogen) atoms. The van der Waals surface area contributed by atoms with Crippen molar-refractivity contribution in [2.75, 3.05) is 6.54 Å². The molecule has 4 nitrogen and oxygen atoms in total. The first kappa shape index (κ1) is 17.1. The van der Waals surface area contributed by atoms with Crippen LogP contribution >= 0.6 is 11.3 Å². The standard InChI is InChI=1S/C18H15F3N4S/c19-18(20,21)17-22-9-12-10-25(7-6-14(12)24-17)11-13-3-1-4-15(23-13)16-5-2-8-26-16/h1-5,8-9H,6-7,10-11H2. The van der Waals surface area contributed by atoms with Gasteiger partial charge in [0.15, 0.2) is 0 Å². The Kier molecular flexibility index (Phi) is 4.46.